The summed E-state index contributed by atoms with van der Waals surface area (Å²) in [5.41, 5.74) is 9.25. The van der Waals surface area contributed by atoms with Crippen LogP contribution in [-0.4, -0.2) is 25.6 Å². The number of hydrogen-bond acceptors (Lipinski definition) is 3. The number of amides is 1. The number of carbonyl (C=O) groups is 1. The molecule has 2 N–H and O–H groups in total. The molecule has 3 rings (SSSR count). The smallest absolute Gasteiger partial charge is 0.223 e. The summed E-state index contributed by atoms with van der Waals surface area (Å²) in [7, 11) is 0. The number of nitrogens with zero attached hydrogens (tertiary/aromatic N) is 1. The second-order valence-electron chi connectivity index (χ2n) is 5.68. The van der Waals surface area contributed by atoms with Crippen LogP contribution in [0.25, 0.3) is 0 Å². The van der Waals surface area contributed by atoms with Crippen molar-refractivity contribution in [1.29, 1.82) is 0 Å². The minimum absolute atomic E-state index is 0.101. The van der Waals surface area contributed by atoms with E-state index in [4.69, 9.17) is 10.5 Å². The predicted octanol–water partition coefficient (Wildman–Crippen LogP) is 2.20. The van der Waals surface area contributed by atoms with Gasteiger partial charge in [-0.05, 0) is 42.9 Å². The molecule has 0 spiro atoms. The standard InChI is InChI=1S/C16H22N2O2/c1-11(19)18-9-2-3-12(6-8-17)14-5-4-13-7-10-20-16(13)15(14)18/h4-5,12H,2-3,6-10,17H2,1H3. The van der Waals surface area contributed by atoms with E-state index in [0.29, 0.717) is 12.5 Å². The highest BCUT2D eigenvalue weighted by Gasteiger charge is 2.30. The minimum atomic E-state index is 0.101. The number of rotatable bonds is 2. The van der Waals surface area contributed by atoms with E-state index in [1.54, 1.807) is 6.92 Å². The van der Waals surface area contributed by atoms with Gasteiger partial charge in [0.25, 0.3) is 0 Å². The zero-order chi connectivity index (χ0) is 14.1. The van der Waals surface area contributed by atoms with E-state index in [-0.39, 0.29) is 5.91 Å². The van der Waals surface area contributed by atoms with E-state index < -0.39 is 0 Å². The molecule has 20 heavy (non-hydrogen) atoms. The average molecular weight is 274 g/mol. The third kappa shape index (κ3) is 2.18. The highest BCUT2D eigenvalue weighted by molar-refractivity contribution is 5.95. The Bertz CT molecular complexity index is 527. The fourth-order valence-corrected chi connectivity index (χ4v) is 3.44. The van der Waals surface area contributed by atoms with Crippen LogP contribution in [0.4, 0.5) is 5.69 Å². The summed E-state index contributed by atoms with van der Waals surface area (Å²) < 4.78 is 5.83. The Morgan fingerprint density at radius 3 is 3.10 bits per heavy atom. The number of carbonyl (C=O) groups excluding carboxylic acids is 1. The third-order valence-electron chi connectivity index (χ3n) is 4.40. The first-order valence-corrected chi connectivity index (χ1v) is 7.49. The van der Waals surface area contributed by atoms with E-state index in [9.17, 15) is 4.79 Å². The molecule has 2 aliphatic rings. The summed E-state index contributed by atoms with van der Waals surface area (Å²) in [5.74, 6) is 1.47. The molecule has 0 saturated heterocycles. The summed E-state index contributed by atoms with van der Waals surface area (Å²) in [5, 5.41) is 0. The molecule has 0 aliphatic carbocycles. The normalized spacial score (nSPS) is 20.9. The Hall–Kier alpha value is -1.55. The van der Waals surface area contributed by atoms with Crippen LogP contribution in [0, 0.1) is 0 Å². The van der Waals surface area contributed by atoms with Gasteiger partial charge in [-0.1, -0.05) is 12.1 Å². The van der Waals surface area contributed by atoms with Gasteiger partial charge in [-0.3, -0.25) is 4.79 Å². The fraction of sp³-hybridized carbons (Fsp3) is 0.562. The molecule has 4 nitrogen and oxygen atoms in total. The summed E-state index contributed by atoms with van der Waals surface area (Å²) >= 11 is 0. The SMILES string of the molecule is CC(=O)N1CCCC(CCN)c2ccc3c(c21)OCC3. The Morgan fingerprint density at radius 1 is 1.50 bits per heavy atom. The maximum atomic E-state index is 12.0. The second kappa shape index (κ2) is 5.44. The van der Waals surface area contributed by atoms with Crippen LogP contribution in [0.3, 0.4) is 0 Å². The van der Waals surface area contributed by atoms with Crippen LogP contribution >= 0.6 is 0 Å². The molecular formula is C16H22N2O2. The van der Waals surface area contributed by atoms with Crippen molar-refractivity contribution in [2.45, 2.75) is 38.5 Å². The highest BCUT2D eigenvalue weighted by Crippen LogP contribution is 2.45. The minimum Gasteiger partial charge on any atom is -0.491 e. The van der Waals surface area contributed by atoms with E-state index in [0.717, 1.165) is 50.3 Å². The van der Waals surface area contributed by atoms with E-state index in [1.165, 1.54) is 11.1 Å². The topological polar surface area (TPSA) is 55.6 Å². The van der Waals surface area contributed by atoms with Gasteiger partial charge in [0, 0.05) is 19.9 Å². The van der Waals surface area contributed by atoms with Crippen LogP contribution in [0.2, 0.25) is 0 Å². The van der Waals surface area contributed by atoms with Crippen molar-refractivity contribution in [3.8, 4) is 5.75 Å². The predicted molar refractivity (Wildman–Crippen MR) is 79.3 cm³/mol. The molecule has 1 atom stereocenters. The third-order valence-corrected chi connectivity index (χ3v) is 4.40. The molecule has 0 radical (unpaired) electrons. The van der Waals surface area contributed by atoms with Gasteiger partial charge in [-0.15, -0.1) is 0 Å². The van der Waals surface area contributed by atoms with Gasteiger partial charge < -0.3 is 15.4 Å². The first-order valence-electron chi connectivity index (χ1n) is 7.49. The Kier molecular flexibility index (Phi) is 3.66. The van der Waals surface area contributed by atoms with Gasteiger partial charge in [0.2, 0.25) is 5.91 Å². The fourth-order valence-electron chi connectivity index (χ4n) is 3.44. The zero-order valence-electron chi connectivity index (χ0n) is 12.0. The van der Waals surface area contributed by atoms with E-state index in [1.807, 2.05) is 4.90 Å². The van der Waals surface area contributed by atoms with Crippen LogP contribution in [0.5, 0.6) is 5.75 Å². The average Bonchev–Trinajstić information content (AvgIpc) is 2.82. The molecule has 0 saturated carbocycles. The lowest BCUT2D eigenvalue weighted by Gasteiger charge is -2.25. The van der Waals surface area contributed by atoms with Crippen LogP contribution in [0.1, 0.15) is 43.2 Å². The summed E-state index contributed by atoms with van der Waals surface area (Å²) in [6, 6.07) is 4.35. The number of hydrogen-bond donors (Lipinski definition) is 1. The quantitative estimate of drug-likeness (QED) is 0.899. The Labute approximate surface area is 119 Å². The molecule has 0 aromatic heterocycles. The van der Waals surface area contributed by atoms with Gasteiger partial charge in [0.1, 0.15) is 5.75 Å². The largest absolute Gasteiger partial charge is 0.491 e. The number of nitrogens with two attached hydrogens (primary N) is 1. The van der Waals surface area contributed by atoms with Crippen molar-refractivity contribution in [2.75, 3.05) is 24.6 Å². The summed E-state index contributed by atoms with van der Waals surface area (Å²) in [4.78, 5) is 13.9. The van der Waals surface area contributed by atoms with Crippen LogP contribution < -0.4 is 15.4 Å². The Balaban J connectivity index is 2.13. The summed E-state index contributed by atoms with van der Waals surface area (Å²) in [6.45, 7) is 3.83. The lowest BCUT2D eigenvalue weighted by atomic mass is 9.90. The number of benzene rings is 1. The first kappa shape index (κ1) is 13.4. The van der Waals surface area contributed by atoms with Crippen molar-refractivity contribution < 1.29 is 9.53 Å². The maximum Gasteiger partial charge on any atom is 0.223 e. The molecule has 0 bridgehead atoms. The lowest BCUT2D eigenvalue weighted by Crippen LogP contribution is -2.29. The number of anilines is 1. The molecule has 2 heterocycles. The first-order chi connectivity index (χ1) is 9.72. The molecule has 1 aromatic rings. The van der Waals surface area contributed by atoms with Crippen LogP contribution in [-0.2, 0) is 11.2 Å². The number of ether oxygens (including phenoxy) is 1. The summed E-state index contributed by atoms with van der Waals surface area (Å²) in [6.07, 6.45) is 4.02. The second-order valence-corrected chi connectivity index (χ2v) is 5.68. The molecule has 2 aliphatic heterocycles. The van der Waals surface area contributed by atoms with Gasteiger partial charge in [0.05, 0.1) is 12.3 Å². The van der Waals surface area contributed by atoms with Gasteiger partial charge in [0.15, 0.2) is 0 Å². The van der Waals surface area contributed by atoms with Gasteiger partial charge >= 0.3 is 0 Å². The molecule has 1 aromatic carbocycles. The molecule has 4 heteroatoms. The van der Waals surface area contributed by atoms with Crippen molar-refractivity contribution >= 4 is 11.6 Å². The van der Waals surface area contributed by atoms with Gasteiger partial charge in [-0.2, -0.15) is 0 Å². The molecule has 0 fully saturated rings. The van der Waals surface area contributed by atoms with Gasteiger partial charge in [-0.25, -0.2) is 0 Å². The number of fused-ring (bicyclic) bond motifs is 3. The van der Waals surface area contributed by atoms with Crippen molar-refractivity contribution in [3.63, 3.8) is 0 Å². The monoisotopic (exact) mass is 274 g/mol. The maximum absolute atomic E-state index is 12.0. The molecule has 1 amide bonds. The van der Waals surface area contributed by atoms with Crippen molar-refractivity contribution in [2.24, 2.45) is 5.73 Å². The van der Waals surface area contributed by atoms with Crippen molar-refractivity contribution in [1.82, 2.24) is 0 Å². The molecule has 108 valence electrons. The van der Waals surface area contributed by atoms with E-state index in [2.05, 4.69) is 12.1 Å². The Morgan fingerprint density at radius 2 is 2.35 bits per heavy atom. The lowest BCUT2D eigenvalue weighted by molar-refractivity contribution is -0.116. The van der Waals surface area contributed by atoms with Crippen LogP contribution in [0.15, 0.2) is 12.1 Å². The molecule has 1 unspecified atom stereocenters. The van der Waals surface area contributed by atoms with E-state index >= 15 is 0 Å². The van der Waals surface area contributed by atoms with Crippen molar-refractivity contribution in [3.05, 3.63) is 23.3 Å². The highest BCUT2D eigenvalue weighted by atomic mass is 16.5. The molecular weight excluding hydrogens is 252 g/mol. The zero-order valence-corrected chi connectivity index (χ0v) is 12.0.